The highest BCUT2D eigenvalue weighted by Crippen LogP contribution is 2.24. The number of methoxy groups -OCH3 is 1. The van der Waals surface area contributed by atoms with Crippen LogP contribution in [0.2, 0.25) is 5.02 Å². The number of carbonyl (C=O) groups excluding carboxylic acids is 1. The first-order valence-electron chi connectivity index (χ1n) is 9.66. The Morgan fingerprint density at radius 3 is 2.59 bits per heavy atom. The van der Waals surface area contributed by atoms with Crippen molar-refractivity contribution in [3.05, 3.63) is 89.0 Å². The second-order valence-electron chi connectivity index (χ2n) is 6.59. The van der Waals surface area contributed by atoms with Gasteiger partial charge in [0.2, 0.25) is 0 Å². The number of para-hydroxylation sites is 1. The molecule has 0 radical (unpaired) electrons. The smallest absolute Gasteiger partial charge is 0.274 e. The number of thioether (sulfide) groups is 1. The minimum Gasteiger partial charge on any atom is -0.496 e. The van der Waals surface area contributed by atoms with E-state index >= 15 is 0 Å². The van der Waals surface area contributed by atoms with Crippen LogP contribution in [0.5, 0.6) is 5.75 Å². The van der Waals surface area contributed by atoms with Crippen molar-refractivity contribution in [2.45, 2.75) is 17.5 Å². The van der Waals surface area contributed by atoms with Gasteiger partial charge in [0.05, 0.1) is 18.5 Å². The normalized spacial score (nSPS) is 10.7. The van der Waals surface area contributed by atoms with Gasteiger partial charge in [0.25, 0.3) is 5.91 Å². The highest BCUT2D eigenvalue weighted by atomic mass is 35.5. The molecule has 0 saturated heterocycles. The molecule has 162 valence electrons. The molecule has 2 heterocycles. The van der Waals surface area contributed by atoms with Gasteiger partial charge in [0, 0.05) is 35.3 Å². The van der Waals surface area contributed by atoms with Gasteiger partial charge in [-0.15, -0.1) is 5.10 Å². The van der Waals surface area contributed by atoms with Crippen LogP contribution < -0.4 is 10.1 Å². The van der Waals surface area contributed by atoms with Crippen LogP contribution in [0.1, 0.15) is 21.7 Å². The molecule has 0 aliphatic rings. The fraction of sp³-hybridized carbons (Fsp3) is 0.136. The van der Waals surface area contributed by atoms with E-state index in [1.54, 1.807) is 42.4 Å². The zero-order chi connectivity index (χ0) is 22.3. The molecule has 2 aromatic heterocycles. The third kappa shape index (κ3) is 5.06. The van der Waals surface area contributed by atoms with Gasteiger partial charge in [-0.25, -0.2) is 14.6 Å². The summed E-state index contributed by atoms with van der Waals surface area (Å²) in [5.41, 5.74) is 2.47. The predicted molar refractivity (Wildman–Crippen MR) is 122 cm³/mol. The van der Waals surface area contributed by atoms with Crippen LogP contribution >= 0.6 is 23.4 Å². The van der Waals surface area contributed by atoms with Crippen molar-refractivity contribution in [1.82, 2.24) is 30.3 Å². The number of hydrogen-bond acceptors (Lipinski definition) is 7. The zero-order valence-electron chi connectivity index (χ0n) is 17.1. The fourth-order valence-corrected chi connectivity index (χ4v) is 3.92. The number of hydrogen-bond donors (Lipinski definition) is 1. The van der Waals surface area contributed by atoms with Gasteiger partial charge >= 0.3 is 0 Å². The predicted octanol–water partition coefficient (Wildman–Crippen LogP) is 3.94. The first-order chi connectivity index (χ1) is 15.7. The van der Waals surface area contributed by atoms with Crippen molar-refractivity contribution >= 4 is 29.3 Å². The van der Waals surface area contributed by atoms with Crippen molar-refractivity contribution in [1.29, 1.82) is 0 Å². The number of benzene rings is 2. The van der Waals surface area contributed by atoms with E-state index in [1.807, 2.05) is 36.4 Å². The van der Waals surface area contributed by atoms with Crippen LogP contribution in [0, 0.1) is 0 Å². The van der Waals surface area contributed by atoms with E-state index in [0.717, 1.165) is 11.3 Å². The number of nitrogens with zero attached hydrogens (tertiary/aromatic N) is 5. The highest BCUT2D eigenvalue weighted by Gasteiger charge is 2.21. The molecule has 0 aliphatic heterocycles. The largest absolute Gasteiger partial charge is 0.496 e. The van der Waals surface area contributed by atoms with E-state index in [9.17, 15) is 4.79 Å². The topological polar surface area (TPSA) is 94.8 Å². The Labute approximate surface area is 194 Å². The number of amides is 1. The van der Waals surface area contributed by atoms with Gasteiger partial charge < -0.3 is 10.1 Å². The summed E-state index contributed by atoms with van der Waals surface area (Å²) in [7, 11) is 1.60. The molecule has 0 bridgehead atoms. The quantitative estimate of drug-likeness (QED) is 0.310. The lowest BCUT2D eigenvalue weighted by atomic mass is 10.2. The molecule has 8 nitrogen and oxygen atoms in total. The van der Waals surface area contributed by atoms with Crippen LogP contribution in [0.3, 0.4) is 0 Å². The lowest BCUT2D eigenvalue weighted by Crippen LogP contribution is -2.24. The van der Waals surface area contributed by atoms with E-state index in [1.165, 1.54) is 11.8 Å². The first-order valence-corrected chi connectivity index (χ1v) is 11.0. The van der Waals surface area contributed by atoms with Crippen LogP contribution in [-0.2, 0) is 12.3 Å². The average molecular weight is 467 g/mol. The Morgan fingerprint density at radius 2 is 1.84 bits per heavy atom. The number of halogens is 1. The van der Waals surface area contributed by atoms with E-state index in [4.69, 9.17) is 16.3 Å². The Hall–Kier alpha value is -3.43. The molecule has 1 amide bonds. The van der Waals surface area contributed by atoms with Crippen LogP contribution in [0.15, 0.2) is 72.1 Å². The molecule has 0 aliphatic carbocycles. The van der Waals surface area contributed by atoms with Gasteiger partial charge in [-0.1, -0.05) is 46.8 Å². The minimum absolute atomic E-state index is 0.235. The van der Waals surface area contributed by atoms with Crippen molar-refractivity contribution < 1.29 is 9.53 Å². The molecule has 0 spiro atoms. The Balaban J connectivity index is 1.60. The van der Waals surface area contributed by atoms with Crippen LogP contribution in [0.4, 0.5) is 0 Å². The molecule has 0 atom stereocenters. The highest BCUT2D eigenvalue weighted by molar-refractivity contribution is 7.98. The summed E-state index contributed by atoms with van der Waals surface area (Å²) in [6.07, 6.45) is 3.34. The molecular weight excluding hydrogens is 448 g/mol. The molecular formula is C22H19ClN6O2S. The van der Waals surface area contributed by atoms with Gasteiger partial charge in [0.15, 0.2) is 10.9 Å². The summed E-state index contributed by atoms with van der Waals surface area (Å²) < 4.78 is 6.98. The van der Waals surface area contributed by atoms with Gasteiger partial charge in [-0.05, 0) is 36.4 Å². The third-order valence-corrected chi connectivity index (χ3v) is 5.70. The van der Waals surface area contributed by atoms with Crippen LogP contribution in [-0.4, -0.2) is 38.0 Å². The average Bonchev–Trinajstić information content (AvgIpc) is 3.26. The van der Waals surface area contributed by atoms with Crippen molar-refractivity contribution in [3.63, 3.8) is 0 Å². The molecule has 0 unspecified atom stereocenters. The monoisotopic (exact) mass is 466 g/mol. The summed E-state index contributed by atoms with van der Waals surface area (Å²) in [5.74, 6) is 0.771. The summed E-state index contributed by atoms with van der Waals surface area (Å²) in [6, 6.07) is 16.4. The standard InChI is InChI=1S/C22H19ClN6O2S/c1-31-19-6-3-2-5-15(19)13-26-21(30)20-18(14-32-22-24-11-4-12-25-22)29(28-27-20)17-9-7-16(23)8-10-17/h2-12H,13-14H2,1H3,(H,26,30). The summed E-state index contributed by atoms with van der Waals surface area (Å²) in [5, 5.41) is 12.5. The zero-order valence-corrected chi connectivity index (χ0v) is 18.7. The van der Waals surface area contributed by atoms with Crippen molar-refractivity contribution in [2.24, 2.45) is 0 Å². The molecule has 32 heavy (non-hydrogen) atoms. The van der Waals surface area contributed by atoms with Gasteiger partial charge in [-0.3, -0.25) is 4.79 Å². The molecule has 4 rings (SSSR count). The Bertz CT molecular complexity index is 1200. The molecule has 0 fully saturated rings. The molecule has 4 aromatic rings. The second kappa shape index (κ2) is 10.3. The van der Waals surface area contributed by atoms with E-state index in [-0.39, 0.29) is 11.6 Å². The maximum atomic E-state index is 13.0. The number of rotatable bonds is 8. The minimum atomic E-state index is -0.333. The SMILES string of the molecule is COc1ccccc1CNC(=O)c1nnn(-c2ccc(Cl)cc2)c1CSc1ncccn1. The van der Waals surface area contributed by atoms with E-state index in [0.29, 0.717) is 33.9 Å². The Kier molecular flexibility index (Phi) is 6.98. The van der Waals surface area contributed by atoms with E-state index in [2.05, 4.69) is 25.6 Å². The molecule has 0 saturated carbocycles. The van der Waals surface area contributed by atoms with Gasteiger partial charge in [0.1, 0.15) is 5.75 Å². The maximum absolute atomic E-state index is 13.0. The summed E-state index contributed by atoms with van der Waals surface area (Å²) >= 11 is 7.41. The van der Waals surface area contributed by atoms with Crippen LogP contribution in [0.25, 0.3) is 5.69 Å². The van der Waals surface area contributed by atoms with Crippen molar-refractivity contribution in [2.75, 3.05) is 7.11 Å². The molecule has 1 N–H and O–H groups in total. The second-order valence-corrected chi connectivity index (χ2v) is 7.97. The molecule has 2 aromatic carbocycles. The van der Waals surface area contributed by atoms with Crippen molar-refractivity contribution in [3.8, 4) is 11.4 Å². The lowest BCUT2D eigenvalue weighted by Gasteiger charge is -2.10. The third-order valence-electron chi connectivity index (χ3n) is 4.56. The number of aromatic nitrogens is 5. The first kappa shape index (κ1) is 21.8. The Morgan fingerprint density at radius 1 is 1.09 bits per heavy atom. The maximum Gasteiger partial charge on any atom is 0.274 e. The lowest BCUT2D eigenvalue weighted by molar-refractivity contribution is 0.0945. The summed E-state index contributed by atoms with van der Waals surface area (Å²) in [4.78, 5) is 21.5. The van der Waals surface area contributed by atoms with Gasteiger partial charge in [-0.2, -0.15) is 0 Å². The number of ether oxygens (including phenoxy) is 1. The summed E-state index contributed by atoms with van der Waals surface area (Å²) in [6.45, 7) is 0.297. The fourth-order valence-electron chi connectivity index (χ4n) is 3.00. The number of nitrogens with one attached hydrogen (secondary N) is 1. The number of carbonyl (C=O) groups is 1. The van der Waals surface area contributed by atoms with E-state index < -0.39 is 0 Å². The molecule has 10 heteroatoms.